The van der Waals surface area contributed by atoms with E-state index in [0.717, 1.165) is 22.9 Å². The number of carbonyl (C=O) groups is 4. The number of hydrogen-bond acceptors (Lipinski definition) is 7. The maximum absolute atomic E-state index is 12.5. The van der Waals surface area contributed by atoms with Crippen LogP contribution < -0.4 is 10.6 Å². The molecule has 0 unspecified atom stereocenters. The molecular formula is C15H9N3O5S2. The predicted molar refractivity (Wildman–Crippen MR) is 92.9 cm³/mol. The molecule has 25 heavy (non-hydrogen) atoms. The second-order valence-corrected chi connectivity index (χ2v) is 6.60. The van der Waals surface area contributed by atoms with Crippen LogP contribution in [-0.2, 0) is 14.4 Å². The molecule has 2 aliphatic heterocycles. The Bertz CT molecular complexity index is 867. The van der Waals surface area contributed by atoms with E-state index in [1.165, 1.54) is 12.1 Å². The molecule has 0 aliphatic carbocycles. The van der Waals surface area contributed by atoms with Gasteiger partial charge in [0.2, 0.25) is 0 Å². The minimum atomic E-state index is -0.926. The van der Waals surface area contributed by atoms with E-state index in [2.05, 4.69) is 0 Å². The highest BCUT2D eigenvalue weighted by Gasteiger charge is 2.35. The van der Waals surface area contributed by atoms with Crippen LogP contribution in [0.5, 0.6) is 5.75 Å². The summed E-state index contributed by atoms with van der Waals surface area (Å²) in [7, 11) is 0. The molecule has 0 saturated carbocycles. The maximum atomic E-state index is 12.5. The van der Waals surface area contributed by atoms with E-state index in [4.69, 9.17) is 12.2 Å². The minimum Gasteiger partial charge on any atom is -0.508 e. The van der Waals surface area contributed by atoms with E-state index in [1.54, 1.807) is 18.2 Å². The van der Waals surface area contributed by atoms with Crippen molar-refractivity contribution in [2.75, 3.05) is 0 Å². The number of aromatic hydroxyl groups is 1. The number of phenols is 1. The monoisotopic (exact) mass is 375 g/mol. The Morgan fingerprint density at radius 1 is 1.04 bits per heavy atom. The van der Waals surface area contributed by atoms with Crippen molar-refractivity contribution in [2.24, 2.45) is 0 Å². The molecule has 2 fully saturated rings. The molecule has 2 aliphatic rings. The Morgan fingerprint density at radius 3 is 2.24 bits per heavy atom. The first-order chi connectivity index (χ1) is 11.8. The van der Waals surface area contributed by atoms with Crippen molar-refractivity contribution in [3.63, 3.8) is 0 Å². The first-order valence-electron chi connectivity index (χ1n) is 6.80. The molecule has 2 heterocycles. The Balaban J connectivity index is 1.88. The van der Waals surface area contributed by atoms with E-state index in [0.29, 0.717) is 10.5 Å². The van der Waals surface area contributed by atoms with E-state index in [-0.39, 0.29) is 10.1 Å². The number of rotatable bonds is 2. The lowest BCUT2D eigenvalue weighted by Gasteiger charge is -2.16. The number of nitrogens with one attached hydrogen (secondary N) is 2. The number of phenolic OH excluding ortho intramolecular Hbond substituents is 1. The number of imide groups is 2. The van der Waals surface area contributed by atoms with Gasteiger partial charge in [-0.2, -0.15) is 0 Å². The van der Waals surface area contributed by atoms with Crippen LogP contribution in [0.25, 0.3) is 6.08 Å². The van der Waals surface area contributed by atoms with E-state index >= 15 is 0 Å². The predicted octanol–water partition coefficient (Wildman–Crippen LogP) is 0.843. The molecule has 3 N–H and O–H groups in total. The molecule has 126 valence electrons. The fourth-order valence-corrected chi connectivity index (χ4v) is 3.24. The van der Waals surface area contributed by atoms with Crippen LogP contribution in [0, 0.1) is 0 Å². The second kappa shape index (κ2) is 6.49. The van der Waals surface area contributed by atoms with Crippen LogP contribution in [0.4, 0.5) is 4.79 Å². The van der Waals surface area contributed by atoms with Crippen molar-refractivity contribution in [1.29, 1.82) is 0 Å². The number of urea groups is 1. The Hall–Kier alpha value is -2.98. The SMILES string of the molecule is O=C1NC(=O)C(=CN2C(=O)/C(=C/c3ccc(O)cc3)SC2=S)C(=O)N1. The Kier molecular flexibility index (Phi) is 4.38. The van der Waals surface area contributed by atoms with Gasteiger partial charge < -0.3 is 5.11 Å². The van der Waals surface area contributed by atoms with Crippen LogP contribution >= 0.6 is 24.0 Å². The maximum Gasteiger partial charge on any atom is 0.328 e. The molecule has 0 radical (unpaired) electrons. The zero-order chi connectivity index (χ0) is 18.1. The van der Waals surface area contributed by atoms with Crippen molar-refractivity contribution in [1.82, 2.24) is 15.5 Å². The number of barbiturate groups is 1. The lowest BCUT2D eigenvalue weighted by Crippen LogP contribution is -2.52. The van der Waals surface area contributed by atoms with Gasteiger partial charge in [0, 0.05) is 6.20 Å². The highest BCUT2D eigenvalue weighted by molar-refractivity contribution is 8.26. The van der Waals surface area contributed by atoms with E-state index in [1.807, 2.05) is 10.6 Å². The number of thiocarbonyl (C=S) groups is 1. The van der Waals surface area contributed by atoms with Gasteiger partial charge in [0.25, 0.3) is 17.7 Å². The van der Waals surface area contributed by atoms with Gasteiger partial charge >= 0.3 is 6.03 Å². The van der Waals surface area contributed by atoms with Gasteiger partial charge in [0.05, 0.1) is 4.91 Å². The van der Waals surface area contributed by atoms with Crippen LogP contribution in [0.2, 0.25) is 0 Å². The summed E-state index contributed by atoms with van der Waals surface area (Å²) in [5.74, 6) is -2.23. The average molecular weight is 375 g/mol. The van der Waals surface area contributed by atoms with Crippen molar-refractivity contribution < 1.29 is 24.3 Å². The van der Waals surface area contributed by atoms with Crippen LogP contribution in [0.1, 0.15) is 5.56 Å². The first kappa shape index (κ1) is 16.9. The number of benzene rings is 1. The van der Waals surface area contributed by atoms with E-state index in [9.17, 15) is 24.3 Å². The molecule has 1 aromatic carbocycles. The van der Waals surface area contributed by atoms with Gasteiger partial charge in [-0.15, -0.1) is 0 Å². The quantitative estimate of drug-likeness (QED) is 0.399. The summed E-state index contributed by atoms with van der Waals surface area (Å²) in [6.07, 6.45) is 2.58. The van der Waals surface area contributed by atoms with Gasteiger partial charge in [-0.1, -0.05) is 36.1 Å². The van der Waals surface area contributed by atoms with Gasteiger partial charge in [0.15, 0.2) is 4.32 Å². The standard InChI is InChI=1S/C15H9N3O5S2/c19-8-3-1-7(2-4-8)5-10-13(22)18(15(24)25-10)6-9-11(20)16-14(23)17-12(9)21/h1-6,19H,(H2,16,17,20,21,23)/b10-5-. The number of carbonyl (C=O) groups excluding carboxylic acids is 4. The third-order valence-corrected chi connectivity index (χ3v) is 4.55. The third-order valence-electron chi connectivity index (χ3n) is 3.22. The molecule has 10 heteroatoms. The zero-order valence-corrected chi connectivity index (χ0v) is 13.9. The molecule has 5 amide bonds. The highest BCUT2D eigenvalue weighted by atomic mass is 32.2. The van der Waals surface area contributed by atoms with Crippen molar-refractivity contribution >= 4 is 58.1 Å². The Morgan fingerprint density at radius 2 is 1.64 bits per heavy atom. The molecule has 0 atom stereocenters. The second-order valence-electron chi connectivity index (χ2n) is 4.92. The molecule has 0 spiro atoms. The van der Waals surface area contributed by atoms with Gasteiger partial charge in [-0.3, -0.25) is 29.9 Å². The smallest absolute Gasteiger partial charge is 0.328 e. The lowest BCUT2D eigenvalue weighted by atomic mass is 10.2. The normalized spacial score (nSPS) is 19.4. The van der Waals surface area contributed by atoms with E-state index < -0.39 is 29.3 Å². The van der Waals surface area contributed by atoms with Gasteiger partial charge in [0.1, 0.15) is 11.3 Å². The average Bonchev–Trinajstić information content (AvgIpc) is 2.80. The topological polar surface area (TPSA) is 116 Å². The largest absolute Gasteiger partial charge is 0.508 e. The van der Waals surface area contributed by atoms with Gasteiger partial charge in [-0.25, -0.2) is 4.79 Å². The molecule has 2 saturated heterocycles. The number of nitrogens with zero attached hydrogens (tertiary/aromatic N) is 1. The fraction of sp³-hybridized carbons (Fsp3) is 0. The summed E-state index contributed by atoms with van der Waals surface area (Å²) in [6, 6.07) is 5.26. The van der Waals surface area contributed by atoms with Crippen LogP contribution in [0.3, 0.4) is 0 Å². The third kappa shape index (κ3) is 3.44. The highest BCUT2D eigenvalue weighted by Crippen LogP contribution is 2.33. The van der Waals surface area contributed by atoms with Crippen LogP contribution in [0.15, 0.2) is 40.9 Å². The number of thioether (sulfide) groups is 1. The van der Waals surface area contributed by atoms with Gasteiger partial charge in [-0.05, 0) is 23.8 Å². The number of amides is 5. The van der Waals surface area contributed by atoms with Crippen molar-refractivity contribution in [3.05, 3.63) is 46.5 Å². The van der Waals surface area contributed by atoms with Crippen molar-refractivity contribution in [2.45, 2.75) is 0 Å². The Labute approximate surface area is 150 Å². The summed E-state index contributed by atoms with van der Waals surface area (Å²) in [4.78, 5) is 48.3. The summed E-state index contributed by atoms with van der Waals surface area (Å²) >= 11 is 6.12. The number of hydrogen-bond donors (Lipinski definition) is 3. The van der Waals surface area contributed by atoms with Crippen LogP contribution in [-0.4, -0.2) is 38.1 Å². The molecule has 0 bridgehead atoms. The molecular weight excluding hydrogens is 366 g/mol. The zero-order valence-electron chi connectivity index (χ0n) is 12.3. The minimum absolute atomic E-state index is 0.0957. The summed E-state index contributed by atoms with van der Waals surface area (Å²) < 4.78 is 0.139. The summed E-state index contributed by atoms with van der Waals surface area (Å²) in [5.41, 5.74) is 0.270. The fourth-order valence-electron chi connectivity index (χ4n) is 2.03. The summed E-state index contributed by atoms with van der Waals surface area (Å²) in [5, 5.41) is 13.1. The first-order valence-corrected chi connectivity index (χ1v) is 8.02. The molecule has 0 aromatic heterocycles. The summed E-state index contributed by atoms with van der Waals surface area (Å²) in [6.45, 7) is 0. The lowest BCUT2D eigenvalue weighted by molar-refractivity contribution is -0.124. The molecule has 3 rings (SSSR count). The molecule has 8 nitrogen and oxygen atoms in total. The van der Waals surface area contributed by atoms with Crippen molar-refractivity contribution in [3.8, 4) is 5.75 Å². The molecule has 1 aromatic rings.